The lowest BCUT2D eigenvalue weighted by Crippen LogP contribution is -2.46. The number of hydrogen-bond donors (Lipinski definition) is 2. The number of amides is 1. The number of nitrogens with zero attached hydrogens (tertiary/aromatic N) is 1. The van der Waals surface area contributed by atoms with Crippen molar-refractivity contribution >= 4 is 5.91 Å². The molecule has 0 heterocycles. The molecule has 0 aromatic rings. The van der Waals surface area contributed by atoms with Gasteiger partial charge in [0.05, 0.1) is 12.5 Å². The highest BCUT2D eigenvalue weighted by atomic mass is 19.4. The molecule has 0 radical (unpaired) electrons. The average molecular weight is 256 g/mol. The molecule has 7 heteroatoms. The third-order valence-corrected chi connectivity index (χ3v) is 2.43. The van der Waals surface area contributed by atoms with E-state index >= 15 is 0 Å². The lowest BCUT2D eigenvalue weighted by Gasteiger charge is -2.28. The molecule has 102 valence electrons. The highest BCUT2D eigenvalue weighted by Crippen LogP contribution is 2.19. The summed E-state index contributed by atoms with van der Waals surface area (Å²) in [6.45, 7) is 1.25. The van der Waals surface area contributed by atoms with Crippen molar-refractivity contribution in [3.05, 3.63) is 0 Å². The summed E-state index contributed by atoms with van der Waals surface area (Å²) < 4.78 is 36.8. The SMILES string of the molecule is CC(C)C(CN)C(=O)N(CCO)CC(F)(F)F. The Labute approximate surface area is 98.6 Å². The van der Waals surface area contributed by atoms with Crippen molar-refractivity contribution in [2.45, 2.75) is 20.0 Å². The number of carbonyl (C=O) groups excluding carboxylic acids is 1. The van der Waals surface area contributed by atoms with Gasteiger partial charge in [-0.3, -0.25) is 4.79 Å². The third-order valence-electron chi connectivity index (χ3n) is 2.43. The number of nitrogens with two attached hydrogens (primary N) is 1. The summed E-state index contributed by atoms with van der Waals surface area (Å²) in [5.41, 5.74) is 5.38. The second kappa shape index (κ2) is 6.80. The van der Waals surface area contributed by atoms with Gasteiger partial charge in [-0.15, -0.1) is 0 Å². The monoisotopic (exact) mass is 256 g/mol. The molecule has 0 aliphatic rings. The Morgan fingerprint density at radius 3 is 2.24 bits per heavy atom. The predicted molar refractivity (Wildman–Crippen MR) is 57.1 cm³/mol. The van der Waals surface area contributed by atoms with Crippen LogP contribution in [-0.2, 0) is 4.79 Å². The molecule has 0 saturated carbocycles. The Balaban J connectivity index is 4.74. The molecule has 17 heavy (non-hydrogen) atoms. The zero-order valence-electron chi connectivity index (χ0n) is 10.00. The van der Waals surface area contributed by atoms with Gasteiger partial charge in [-0.25, -0.2) is 0 Å². The third kappa shape index (κ3) is 5.88. The van der Waals surface area contributed by atoms with Gasteiger partial charge in [0.1, 0.15) is 6.54 Å². The highest BCUT2D eigenvalue weighted by Gasteiger charge is 2.35. The standard InChI is InChI=1S/C10H19F3N2O2/c1-7(2)8(5-14)9(17)15(3-4-16)6-10(11,12)13/h7-8,16H,3-6,14H2,1-2H3. The first-order valence-corrected chi connectivity index (χ1v) is 5.39. The van der Waals surface area contributed by atoms with Gasteiger partial charge in [0.25, 0.3) is 0 Å². The number of aliphatic hydroxyl groups excluding tert-OH is 1. The fraction of sp³-hybridized carbons (Fsp3) is 0.900. The van der Waals surface area contributed by atoms with Crippen molar-refractivity contribution in [1.82, 2.24) is 4.90 Å². The molecular formula is C10H19F3N2O2. The van der Waals surface area contributed by atoms with E-state index in [0.29, 0.717) is 4.90 Å². The van der Waals surface area contributed by atoms with E-state index in [1.54, 1.807) is 13.8 Å². The van der Waals surface area contributed by atoms with Crippen LogP contribution in [0.5, 0.6) is 0 Å². The Morgan fingerprint density at radius 2 is 1.94 bits per heavy atom. The minimum Gasteiger partial charge on any atom is -0.395 e. The van der Waals surface area contributed by atoms with Gasteiger partial charge < -0.3 is 15.7 Å². The Morgan fingerprint density at radius 1 is 1.41 bits per heavy atom. The van der Waals surface area contributed by atoms with Gasteiger partial charge in [0.15, 0.2) is 0 Å². The van der Waals surface area contributed by atoms with Crippen LogP contribution >= 0.6 is 0 Å². The molecule has 0 fully saturated rings. The fourth-order valence-electron chi connectivity index (χ4n) is 1.50. The molecule has 0 spiro atoms. The molecule has 0 aliphatic carbocycles. The van der Waals surface area contributed by atoms with Gasteiger partial charge in [-0.05, 0) is 5.92 Å². The van der Waals surface area contributed by atoms with E-state index in [0.717, 1.165) is 0 Å². The number of carbonyl (C=O) groups is 1. The first-order valence-electron chi connectivity index (χ1n) is 5.39. The molecule has 3 N–H and O–H groups in total. The average Bonchev–Trinajstić information content (AvgIpc) is 2.15. The minimum atomic E-state index is -4.47. The van der Waals surface area contributed by atoms with E-state index in [2.05, 4.69) is 0 Å². The van der Waals surface area contributed by atoms with Crippen LogP contribution in [0.1, 0.15) is 13.8 Å². The molecule has 0 bridgehead atoms. The van der Waals surface area contributed by atoms with Gasteiger partial charge in [-0.2, -0.15) is 13.2 Å². The van der Waals surface area contributed by atoms with Gasteiger partial charge >= 0.3 is 6.18 Å². The van der Waals surface area contributed by atoms with E-state index in [9.17, 15) is 18.0 Å². The summed E-state index contributed by atoms with van der Waals surface area (Å²) in [7, 11) is 0. The molecule has 0 aromatic heterocycles. The fourth-order valence-corrected chi connectivity index (χ4v) is 1.50. The Kier molecular flexibility index (Phi) is 6.48. The zero-order valence-corrected chi connectivity index (χ0v) is 10.00. The van der Waals surface area contributed by atoms with Crippen molar-refractivity contribution in [3.8, 4) is 0 Å². The number of aliphatic hydroxyl groups is 1. The lowest BCUT2D eigenvalue weighted by atomic mass is 9.94. The highest BCUT2D eigenvalue weighted by molar-refractivity contribution is 5.79. The second-order valence-electron chi connectivity index (χ2n) is 4.18. The van der Waals surface area contributed by atoms with Crippen LogP contribution in [0.15, 0.2) is 0 Å². The van der Waals surface area contributed by atoms with Gasteiger partial charge in [-0.1, -0.05) is 13.8 Å². The minimum absolute atomic E-state index is 0.00368. The maximum Gasteiger partial charge on any atom is 0.406 e. The van der Waals surface area contributed by atoms with Crippen molar-refractivity contribution < 1.29 is 23.1 Å². The quantitative estimate of drug-likeness (QED) is 0.731. The van der Waals surface area contributed by atoms with Crippen LogP contribution in [0.3, 0.4) is 0 Å². The molecule has 1 atom stereocenters. The van der Waals surface area contributed by atoms with E-state index in [1.807, 2.05) is 0 Å². The first kappa shape index (κ1) is 16.2. The summed E-state index contributed by atoms with van der Waals surface area (Å²) in [6.07, 6.45) is -4.47. The predicted octanol–water partition coefficient (Wildman–Crippen LogP) is 0.601. The number of hydrogen-bond acceptors (Lipinski definition) is 3. The van der Waals surface area contributed by atoms with E-state index in [4.69, 9.17) is 10.8 Å². The maximum absolute atomic E-state index is 12.3. The molecule has 0 aliphatic heterocycles. The Bertz CT molecular complexity index is 244. The van der Waals surface area contributed by atoms with Crippen molar-refractivity contribution in [1.29, 1.82) is 0 Å². The largest absolute Gasteiger partial charge is 0.406 e. The normalized spacial score (nSPS) is 13.9. The summed E-state index contributed by atoms with van der Waals surface area (Å²) in [5.74, 6) is -1.44. The van der Waals surface area contributed by atoms with E-state index in [-0.39, 0.29) is 19.0 Å². The van der Waals surface area contributed by atoms with Gasteiger partial charge in [0.2, 0.25) is 5.91 Å². The van der Waals surface area contributed by atoms with Crippen LogP contribution in [0.25, 0.3) is 0 Å². The summed E-state index contributed by atoms with van der Waals surface area (Å²) in [4.78, 5) is 12.4. The van der Waals surface area contributed by atoms with Crippen LogP contribution in [0.4, 0.5) is 13.2 Å². The molecular weight excluding hydrogens is 237 g/mol. The van der Waals surface area contributed by atoms with Crippen molar-refractivity contribution in [2.75, 3.05) is 26.2 Å². The number of halogens is 3. The molecule has 4 nitrogen and oxygen atoms in total. The topological polar surface area (TPSA) is 66.6 Å². The zero-order chi connectivity index (χ0) is 13.6. The number of alkyl halides is 3. The summed E-state index contributed by atoms with van der Waals surface area (Å²) in [5, 5.41) is 8.68. The van der Waals surface area contributed by atoms with E-state index in [1.165, 1.54) is 0 Å². The lowest BCUT2D eigenvalue weighted by molar-refractivity contribution is -0.165. The van der Waals surface area contributed by atoms with Crippen molar-refractivity contribution in [3.63, 3.8) is 0 Å². The molecule has 1 amide bonds. The second-order valence-corrected chi connectivity index (χ2v) is 4.18. The van der Waals surface area contributed by atoms with Crippen molar-refractivity contribution in [2.24, 2.45) is 17.6 Å². The molecule has 0 rings (SSSR count). The molecule has 1 unspecified atom stereocenters. The summed E-state index contributed by atoms with van der Waals surface area (Å²) >= 11 is 0. The Hall–Kier alpha value is -0.820. The van der Waals surface area contributed by atoms with Crippen LogP contribution in [0.2, 0.25) is 0 Å². The smallest absolute Gasteiger partial charge is 0.395 e. The summed E-state index contributed by atoms with van der Waals surface area (Å²) in [6, 6.07) is 0. The van der Waals surface area contributed by atoms with Gasteiger partial charge in [0, 0.05) is 13.1 Å². The van der Waals surface area contributed by atoms with E-state index < -0.39 is 31.2 Å². The first-order chi connectivity index (χ1) is 7.72. The van der Waals surface area contributed by atoms with Crippen LogP contribution < -0.4 is 5.73 Å². The van der Waals surface area contributed by atoms with Crippen LogP contribution in [-0.4, -0.2) is 48.3 Å². The van der Waals surface area contributed by atoms with Crippen LogP contribution in [0, 0.1) is 11.8 Å². The molecule has 0 aromatic carbocycles. The molecule has 0 saturated heterocycles. The maximum atomic E-state index is 12.3. The number of rotatable bonds is 6.